The Morgan fingerprint density at radius 3 is 2.42 bits per heavy atom. The lowest BCUT2D eigenvalue weighted by Crippen LogP contribution is -2.01. The standard InChI is InChI=1S/C20H36O3S/c1-3-4-14-19(21)15-10-8-6-5-7-9-12-17-24-18-13-11-16-20(22)23-2/h19,21H,3-9,11-14,16-18H2,1-2H3. The van der Waals surface area contributed by atoms with Gasteiger partial charge < -0.3 is 9.84 Å². The molecule has 0 fully saturated rings. The minimum absolute atomic E-state index is 0.0971. The topological polar surface area (TPSA) is 46.5 Å². The van der Waals surface area contributed by atoms with Gasteiger partial charge in [-0.1, -0.05) is 44.9 Å². The highest BCUT2D eigenvalue weighted by Gasteiger charge is 1.99. The third kappa shape index (κ3) is 17.7. The van der Waals surface area contributed by atoms with Crippen molar-refractivity contribution >= 4 is 17.7 Å². The summed E-state index contributed by atoms with van der Waals surface area (Å²) < 4.78 is 4.62. The average molecular weight is 357 g/mol. The number of rotatable bonds is 15. The summed E-state index contributed by atoms with van der Waals surface area (Å²) in [6, 6.07) is 0. The molecule has 0 rings (SSSR count). The summed E-state index contributed by atoms with van der Waals surface area (Å²) in [6.07, 6.45) is 12.3. The van der Waals surface area contributed by atoms with Crippen LogP contribution in [0.15, 0.2) is 0 Å². The molecule has 0 aliphatic heterocycles. The summed E-state index contributed by atoms with van der Waals surface area (Å²) in [5.74, 6) is 8.31. The number of hydrogen-bond donors (Lipinski definition) is 1. The molecule has 0 heterocycles. The van der Waals surface area contributed by atoms with Crippen molar-refractivity contribution in [1.82, 2.24) is 0 Å². The lowest BCUT2D eigenvalue weighted by molar-refractivity contribution is -0.140. The number of carbonyl (C=O) groups is 1. The van der Waals surface area contributed by atoms with Crippen LogP contribution in [-0.4, -0.2) is 35.8 Å². The van der Waals surface area contributed by atoms with Gasteiger partial charge in [0.2, 0.25) is 0 Å². The molecule has 1 atom stereocenters. The Morgan fingerprint density at radius 2 is 1.71 bits per heavy atom. The van der Waals surface area contributed by atoms with E-state index >= 15 is 0 Å². The fourth-order valence-corrected chi connectivity index (χ4v) is 3.31. The van der Waals surface area contributed by atoms with Crippen LogP contribution in [0.4, 0.5) is 0 Å². The van der Waals surface area contributed by atoms with Crippen LogP contribution in [0.1, 0.15) is 84.0 Å². The summed E-state index contributed by atoms with van der Waals surface area (Å²) in [6.45, 7) is 2.13. The molecule has 1 unspecified atom stereocenters. The number of unbranched alkanes of at least 4 members (excludes halogenated alkanes) is 7. The van der Waals surface area contributed by atoms with E-state index in [1.54, 1.807) is 0 Å². The minimum atomic E-state index is -0.422. The second-order valence-corrected chi connectivity index (χ2v) is 7.37. The van der Waals surface area contributed by atoms with Gasteiger partial charge in [0.15, 0.2) is 0 Å². The first-order chi connectivity index (χ1) is 11.7. The van der Waals surface area contributed by atoms with E-state index in [4.69, 9.17) is 0 Å². The molecule has 0 saturated heterocycles. The van der Waals surface area contributed by atoms with Crippen LogP contribution >= 0.6 is 11.8 Å². The van der Waals surface area contributed by atoms with Gasteiger partial charge in [0.25, 0.3) is 0 Å². The Bertz CT molecular complexity index is 347. The molecule has 0 aromatic carbocycles. The van der Waals surface area contributed by atoms with Crippen molar-refractivity contribution in [2.75, 3.05) is 18.6 Å². The van der Waals surface area contributed by atoms with Crippen LogP contribution in [0.3, 0.4) is 0 Å². The van der Waals surface area contributed by atoms with E-state index in [1.807, 2.05) is 11.8 Å². The fraction of sp³-hybridized carbons (Fsp3) is 0.850. The SMILES string of the molecule is CCCCC(O)C#CCCCCCCCSCCCCC(=O)OC. The van der Waals surface area contributed by atoms with Crippen molar-refractivity contribution < 1.29 is 14.6 Å². The smallest absolute Gasteiger partial charge is 0.305 e. The molecule has 3 nitrogen and oxygen atoms in total. The zero-order valence-corrected chi connectivity index (χ0v) is 16.5. The van der Waals surface area contributed by atoms with Crippen molar-refractivity contribution in [3.63, 3.8) is 0 Å². The molecule has 0 aliphatic rings. The Labute approximate surface area is 153 Å². The van der Waals surface area contributed by atoms with E-state index in [2.05, 4.69) is 23.5 Å². The fourth-order valence-electron chi connectivity index (χ4n) is 2.29. The third-order valence-electron chi connectivity index (χ3n) is 3.84. The number of esters is 1. The van der Waals surface area contributed by atoms with Gasteiger partial charge in [-0.15, -0.1) is 5.92 Å². The van der Waals surface area contributed by atoms with Gasteiger partial charge in [-0.2, -0.15) is 11.8 Å². The van der Waals surface area contributed by atoms with Crippen molar-refractivity contribution in [3.8, 4) is 11.8 Å². The van der Waals surface area contributed by atoms with Crippen molar-refractivity contribution in [2.45, 2.75) is 90.1 Å². The maximum Gasteiger partial charge on any atom is 0.305 e. The van der Waals surface area contributed by atoms with Gasteiger partial charge >= 0.3 is 5.97 Å². The molecule has 0 aromatic rings. The third-order valence-corrected chi connectivity index (χ3v) is 4.99. The first-order valence-corrected chi connectivity index (χ1v) is 10.7. The van der Waals surface area contributed by atoms with Gasteiger partial charge in [-0.25, -0.2) is 0 Å². The lowest BCUT2D eigenvalue weighted by atomic mass is 10.1. The van der Waals surface area contributed by atoms with Gasteiger partial charge in [0, 0.05) is 12.8 Å². The van der Waals surface area contributed by atoms with Crippen LogP contribution in [0, 0.1) is 11.8 Å². The van der Waals surface area contributed by atoms with Crippen molar-refractivity contribution in [2.24, 2.45) is 0 Å². The highest BCUT2D eigenvalue weighted by Crippen LogP contribution is 2.12. The van der Waals surface area contributed by atoms with Gasteiger partial charge in [0.1, 0.15) is 6.10 Å². The predicted molar refractivity (Wildman–Crippen MR) is 104 cm³/mol. The quantitative estimate of drug-likeness (QED) is 0.256. The Kier molecular flexibility index (Phi) is 18.2. The molecule has 0 saturated carbocycles. The molecule has 0 amide bonds. The first-order valence-electron chi connectivity index (χ1n) is 9.51. The molecule has 140 valence electrons. The summed E-state index contributed by atoms with van der Waals surface area (Å²) in [7, 11) is 1.45. The molecule has 1 N–H and O–H groups in total. The van der Waals surface area contributed by atoms with E-state index in [9.17, 15) is 9.90 Å². The van der Waals surface area contributed by atoms with Crippen LogP contribution in [0.25, 0.3) is 0 Å². The summed E-state index contributed by atoms with van der Waals surface area (Å²) in [4.78, 5) is 10.9. The van der Waals surface area contributed by atoms with Gasteiger partial charge in [0.05, 0.1) is 7.11 Å². The number of hydrogen-bond acceptors (Lipinski definition) is 4. The molecule has 0 aliphatic carbocycles. The maximum absolute atomic E-state index is 10.9. The number of thioether (sulfide) groups is 1. The van der Waals surface area contributed by atoms with E-state index in [0.717, 1.165) is 50.7 Å². The molecule has 24 heavy (non-hydrogen) atoms. The highest BCUT2D eigenvalue weighted by molar-refractivity contribution is 7.99. The molecular weight excluding hydrogens is 320 g/mol. The Hall–Kier alpha value is -0.660. The Morgan fingerprint density at radius 1 is 1.04 bits per heavy atom. The second-order valence-electron chi connectivity index (χ2n) is 6.14. The first kappa shape index (κ1) is 23.3. The Balaban J connectivity index is 3.20. The number of methoxy groups -OCH3 is 1. The molecule has 0 spiro atoms. The zero-order chi connectivity index (χ0) is 17.9. The largest absolute Gasteiger partial charge is 0.469 e. The highest BCUT2D eigenvalue weighted by atomic mass is 32.2. The van der Waals surface area contributed by atoms with Crippen LogP contribution in [0.5, 0.6) is 0 Å². The molecule has 0 aromatic heterocycles. The second kappa shape index (κ2) is 18.7. The number of aliphatic hydroxyl groups is 1. The normalized spacial score (nSPS) is 11.6. The van der Waals surface area contributed by atoms with E-state index in [-0.39, 0.29) is 5.97 Å². The summed E-state index contributed by atoms with van der Waals surface area (Å²) in [5.41, 5.74) is 0. The lowest BCUT2D eigenvalue weighted by Gasteiger charge is -2.02. The van der Waals surface area contributed by atoms with Gasteiger partial charge in [-0.3, -0.25) is 4.79 Å². The van der Waals surface area contributed by atoms with Crippen molar-refractivity contribution in [3.05, 3.63) is 0 Å². The molecule has 0 bridgehead atoms. The van der Waals surface area contributed by atoms with Crippen molar-refractivity contribution in [1.29, 1.82) is 0 Å². The van der Waals surface area contributed by atoms with E-state index in [1.165, 1.54) is 38.5 Å². The summed E-state index contributed by atoms with van der Waals surface area (Å²) >= 11 is 1.99. The number of ether oxygens (including phenoxy) is 1. The predicted octanol–water partition coefficient (Wildman–Crippen LogP) is 4.96. The van der Waals surface area contributed by atoms with E-state index in [0.29, 0.717) is 6.42 Å². The number of aliphatic hydroxyl groups excluding tert-OH is 1. The minimum Gasteiger partial charge on any atom is -0.469 e. The van der Waals surface area contributed by atoms with E-state index < -0.39 is 6.10 Å². The summed E-state index contributed by atoms with van der Waals surface area (Å²) in [5, 5.41) is 9.60. The monoisotopic (exact) mass is 356 g/mol. The van der Waals surface area contributed by atoms with Crippen LogP contribution < -0.4 is 0 Å². The average Bonchev–Trinajstić information content (AvgIpc) is 2.59. The molecule has 4 heteroatoms. The molecular formula is C20H36O3S. The molecule has 0 radical (unpaired) electrons. The zero-order valence-electron chi connectivity index (χ0n) is 15.6. The van der Waals surface area contributed by atoms with Gasteiger partial charge in [-0.05, 0) is 43.6 Å². The van der Waals surface area contributed by atoms with Crippen LogP contribution in [-0.2, 0) is 9.53 Å². The van der Waals surface area contributed by atoms with Crippen LogP contribution in [0.2, 0.25) is 0 Å². The maximum atomic E-state index is 10.9. The number of carbonyl (C=O) groups excluding carboxylic acids is 1.